The summed E-state index contributed by atoms with van der Waals surface area (Å²) in [6, 6.07) is 10.5. The van der Waals surface area contributed by atoms with E-state index in [1.165, 1.54) is 7.11 Å². The Bertz CT molecular complexity index is 1810. The first-order chi connectivity index (χ1) is 20.7. The van der Waals surface area contributed by atoms with Crippen molar-refractivity contribution < 1.29 is 26.9 Å². The molecule has 0 radical (unpaired) electrons. The van der Waals surface area contributed by atoms with Crippen molar-refractivity contribution in [1.29, 1.82) is 0 Å². The Balaban J connectivity index is 1.73. The van der Waals surface area contributed by atoms with Crippen LogP contribution in [-0.2, 0) is 41.5 Å². The molecule has 5 rings (SSSR count). The maximum Gasteiger partial charge on any atom is 0.339 e. The first kappa shape index (κ1) is 31.6. The van der Waals surface area contributed by atoms with Crippen LogP contribution in [0.5, 0.6) is 0 Å². The number of methoxy groups -OCH3 is 1. The molecule has 1 atom stereocenters. The van der Waals surface area contributed by atoms with Crippen LogP contribution < -0.4 is 4.90 Å². The number of ether oxygens (including phenoxy) is 2. The molecule has 0 spiro atoms. The summed E-state index contributed by atoms with van der Waals surface area (Å²) in [5, 5.41) is 1.01. The van der Waals surface area contributed by atoms with E-state index >= 15 is 0 Å². The van der Waals surface area contributed by atoms with Crippen LogP contribution in [0.25, 0.3) is 22.0 Å². The van der Waals surface area contributed by atoms with Crippen molar-refractivity contribution in [3.63, 3.8) is 0 Å². The van der Waals surface area contributed by atoms with Crippen LogP contribution in [0.4, 0.5) is 11.6 Å². The molecule has 10 nitrogen and oxygen atoms in total. The highest BCUT2D eigenvalue weighted by atomic mass is 32.2. The van der Waals surface area contributed by atoms with Crippen molar-refractivity contribution in [2.75, 3.05) is 31.4 Å². The van der Waals surface area contributed by atoms with E-state index in [9.17, 15) is 13.2 Å². The number of carbonyl (C=O) groups excluding carboxylic acids is 1. The SMILES string of the molecule is COC(=O)C(OC(C)(C)C)c1c(C)c2c3c(cc(C)n3CCN2c2ncc(CCOS(C)(=O)=O)cn2)c1-c1ccc(C)cc1. The summed E-state index contributed by atoms with van der Waals surface area (Å²) in [6.45, 7) is 13.3. The summed E-state index contributed by atoms with van der Waals surface area (Å²) in [7, 11) is -2.14. The molecule has 0 saturated carbocycles. The number of esters is 1. The second-order valence-corrected chi connectivity index (χ2v) is 13.9. The highest BCUT2D eigenvalue weighted by Gasteiger charge is 2.37. The molecule has 0 bridgehead atoms. The minimum absolute atomic E-state index is 0.0182. The van der Waals surface area contributed by atoms with Crippen LogP contribution in [0.15, 0.2) is 42.7 Å². The lowest BCUT2D eigenvalue weighted by Crippen LogP contribution is -2.32. The second kappa shape index (κ2) is 11.9. The molecule has 0 aliphatic carbocycles. The number of aromatic nitrogens is 3. The number of nitrogens with zero attached hydrogens (tertiary/aromatic N) is 4. The van der Waals surface area contributed by atoms with Gasteiger partial charge in [-0.05, 0) is 69.9 Å². The molecule has 1 aliphatic heterocycles. The van der Waals surface area contributed by atoms with E-state index < -0.39 is 27.8 Å². The Hall–Kier alpha value is -3.80. The topological polar surface area (TPSA) is 113 Å². The maximum absolute atomic E-state index is 13.5. The predicted octanol–water partition coefficient (Wildman–Crippen LogP) is 5.72. The summed E-state index contributed by atoms with van der Waals surface area (Å²) in [4.78, 5) is 24.9. The molecule has 2 aromatic carbocycles. The molecule has 3 heterocycles. The van der Waals surface area contributed by atoms with Gasteiger partial charge in [0.25, 0.3) is 10.1 Å². The zero-order valence-electron chi connectivity index (χ0n) is 26.6. The number of hydrogen-bond acceptors (Lipinski definition) is 9. The Morgan fingerprint density at radius 3 is 2.30 bits per heavy atom. The van der Waals surface area contributed by atoms with Crippen molar-refractivity contribution in [3.05, 3.63) is 70.7 Å². The Labute approximate surface area is 259 Å². The van der Waals surface area contributed by atoms with Crippen molar-refractivity contribution in [2.24, 2.45) is 0 Å². The molecule has 11 heteroatoms. The van der Waals surface area contributed by atoms with E-state index in [4.69, 9.17) is 13.7 Å². The van der Waals surface area contributed by atoms with Gasteiger partial charge in [0.1, 0.15) is 0 Å². The minimum atomic E-state index is -3.52. The fourth-order valence-electron chi connectivity index (χ4n) is 5.86. The number of carbonyl (C=O) groups is 1. The van der Waals surface area contributed by atoms with Crippen LogP contribution in [0.1, 0.15) is 54.8 Å². The van der Waals surface area contributed by atoms with Crippen molar-refractivity contribution in [2.45, 2.75) is 66.2 Å². The molecule has 0 fully saturated rings. The maximum atomic E-state index is 13.5. The highest BCUT2D eigenvalue weighted by molar-refractivity contribution is 7.85. The summed E-state index contributed by atoms with van der Waals surface area (Å²) >= 11 is 0. The quantitative estimate of drug-likeness (QED) is 0.171. The number of anilines is 2. The largest absolute Gasteiger partial charge is 0.467 e. The van der Waals surface area contributed by atoms with E-state index in [0.29, 0.717) is 18.9 Å². The summed E-state index contributed by atoms with van der Waals surface area (Å²) in [6.07, 6.45) is 3.79. The van der Waals surface area contributed by atoms with Crippen LogP contribution in [-0.4, -0.2) is 61.0 Å². The van der Waals surface area contributed by atoms with E-state index in [1.807, 2.05) is 27.7 Å². The van der Waals surface area contributed by atoms with Gasteiger partial charge in [-0.2, -0.15) is 8.42 Å². The Kier molecular flexibility index (Phi) is 8.58. The average Bonchev–Trinajstić information content (AvgIpc) is 3.29. The third kappa shape index (κ3) is 6.36. The molecule has 1 aliphatic rings. The number of aryl methyl sites for hydroxylation is 2. The first-order valence-corrected chi connectivity index (χ1v) is 16.4. The number of hydrogen-bond donors (Lipinski definition) is 0. The number of benzene rings is 2. The van der Waals surface area contributed by atoms with Crippen LogP contribution in [0, 0.1) is 20.8 Å². The first-order valence-electron chi connectivity index (χ1n) is 14.6. The van der Waals surface area contributed by atoms with Crippen molar-refractivity contribution in [1.82, 2.24) is 14.5 Å². The lowest BCUT2D eigenvalue weighted by molar-refractivity contribution is -0.164. The molecular weight excluding hydrogens is 580 g/mol. The van der Waals surface area contributed by atoms with Gasteiger partial charge in [-0.25, -0.2) is 14.8 Å². The zero-order valence-corrected chi connectivity index (χ0v) is 27.4. The summed E-state index contributed by atoms with van der Waals surface area (Å²) in [5.41, 5.74) is 7.87. The zero-order chi connectivity index (χ0) is 32.0. The molecular formula is C33H40N4O6S. The third-order valence-electron chi connectivity index (χ3n) is 7.75. The van der Waals surface area contributed by atoms with Crippen LogP contribution in [0.3, 0.4) is 0 Å². The van der Waals surface area contributed by atoms with Gasteiger partial charge in [-0.1, -0.05) is 29.8 Å². The summed E-state index contributed by atoms with van der Waals surface area (Å²) in [5.74, 6) is 0.0334. The lowest BCUT2D eigenvalue weighted by Gasteiger charge is -2.35. The molecule has 4 aromatic rings. The van der Waals surface area contributed by atoms with Crippen LogP contribution in [0.2, 0.25) is 0 Å². The average molecular weight is 621 g/mol. The normalized spacial score (nSPS) is 14.2. The molecule has 1 unspecified atom stereocenters. The van der Waals surface area contributed by atoms with Gasteiger partial charge in [-0.3, -0.25) is 4.18 Å². The monoisotopic (exact) mass is 620 g/mol. The smallest absolute Gasteiger partial charge is 0.339 e. The van der Waals surface area contributed by atoms with E-state index in [1.54, 1.807) is 12.4 Å². The van der Waals surface area contributed by atoms with Gasteiger partial charge in [0.05, 0.1) is 36.8 Å². The van der Waals surface area contributed by atoms with E-state index in [2.05, 4.69) is 63.6 Å². The van der Waals surface area contributed by atoms with Crippen molar-refractivity contribution >= 4 is 38.6 Å². The van der Waals surface area contributed by atoms with Gasteiger partial charge in [0.15, 0.2) is 6.10 Å². The van der Waals surface area contributed by atoms with Crippen molar-refractivity contribution in [3.8, 4) is 11.1 Å². The summed E-state index contributed by atoms with van der Waals surface area (Å²) < 4.78 is 41.7. The highest BCUT2D eigenvalue weighted by Crippen LogP contribution is 2.49. The standard InChI is InChI=1S/C33H40N4O6S/c1-20-9-11-24(12-10-20)27-25-17-21(2)36-14-15-37(32-34-18-23(19-35-32)13-16-42-44(8,39)40)28(29(25)36)22(3)26(27)30(31(38)41-7)43-33(4,5)6/h9-12,17-19,30H,13-16H2,1-8H3. The predicted molar refractivity (Wildman–Crippen MR) is 171 cm³/mol. The van der Waals surface area contributed by atoms with Crippen LogP contribution >= 0.6 is 0 Å². The van der Waals surface area contributed by atoms with Gasteiger partial charge >= 0.3 is 5.97 Å². The second-order valence-electron chi connectivity index (χ2n) is 12.3. The molecule has 0 amide bonds. The van der Waals surface area contributed by atoms with Gasteiger partial charge in [0, 0.05) is 48.5 Å². The van der Waals surface area contributed by atoms with Gasteiger partial charge < -0.3 is 18.9 Å². The molecule has 0 N–H and O–H groups in total. The Morgan fingerprint density at radius 1 is 1.05 bits per heavy atom. The lowest BCUT2D eigenvalue weighted by atomic mass is 9.87. The minimum Gasteiger partial charge on any atom is -0.467 e. The van der Waals surface area contributed by atoms with E-state index in [-0.39, 0.29) is 6.61 Å². The van der Waals surface area contributed by atoms with Gasteiger partial charge in [-0.15, -0.1) is 0 Å². The fraction of sp³-hybridized carbons (Fsp3) is 0.424. The third-order valence-corrected chi connectivity index (χ3v) is 8.35. The van der Waals surface area contributed by atoms with Gasteiger partial charge in [0.2, 0.25) is 5.95 Å². The molecule has 44 heavy (non-hydrogen) atoms. The molecule has 234 valence electrons. The molecule has 0 saturated heterocycles. The number of rotatable bonds is 9. The Morgan fingerprint density at radius 2 is 1.70 bits per heavy atom. The fourth-order valence-corrected chi connectivity index (χ4v) is 6.25. The van der Waals surface area contributed by atoms with E-state index in [0.717, 1.165) is 68.5 Å². The molecule has 2 aromatic heterocycles.